The van der Waals surface area contributed by atoms with Crippen molar-refractivity contribution in [3.63, 3.8) is 0 Å². The number of halogens is 3. The predicted molar refractivity (Wildman–Crippen MR) is 133 cm³/mol. The van der Waals surface area contributed by atoms with Crippen molar-refractivity contribution in [1.82, 2.24) is 0 Å². The van der Waals surface area contributed by atoms with Crippen LogP contribution in [0.25, 0.3) is 0 Å². The first-order chi connectivity index (χ1) is 18.8. The van der Waals surface area contributed by atoms with Crippen LogP contribution in [0.15, 0.2) is 59.8 Å². The van der Waals surface area contributed by atoms with Crippen molar-refractivity contribution in [3.05, 3.63) is 76.5 Å². The highest BCUT2D eigenvalue weighted by molar-refractivity contribution is 6.13. The third-order valence-electron chi connectivity index (χ3n) is 6.26. The molecule has 0 aliphatic carbocycles. The molecule has 12 heteroatoms. The molecule has 0 aromatic heterocycles. The highest BCUT2D eigenvalue weighted by Crippen LogP contribution is 2.44. The lowest BCUT2D eigenvalue weighted by molar-refractivity contribution is -0.163. The second-order valence-electron chi connectivity index (χ2n) is 8.73. The molecular weight excluding hydrogens is 533 g/mol. The Labute approximate surface area is 227 Å². The van der Waals surface area contributed by atoms with Crippen LogP contribution in [0.3, 0.4) is 0 Å². The summed E-state index contributed by atoms with van der Waals surface area (Å²) in [6.07, 6.45) is -6.13. The fraction of sp³-hybridized carbons (Fsp3) is 0.321. The lowest BCUT2D eigenvalue weighted by Crippen LogP contribution is -2.49. The number of nitriles is 1. The first-order valence-electron chi connectivity index (χ1n) is 12.0. The average molecular weight is 559 g/mol. The summed E-state index contributed by atoms with van der Waals surface area (Å²) in [6, 6.07) is 11.5. The SMILES string of the molecule is CCOC(=O)C1C(=O)N(c2cccc(C(F)(F)F)c2)C(C)=C(C(=O)O[C@H](C)C(=O)OC)C1c1ccc(C#N)cc1. The van der Waals surface area contributed by atoms with Crippen molar-refractivity contribution in [1.29, 1.82) is 5.26 Å². The van der Waals surface area contributed by atoms with Gasteiger partial charge in [-0.05, 0) is 56.7 Å². The van der Waals surface area contributed by atoms with Crippen LogP contribution in [-0.4, -0.2) is 43.6 Å². The number of esters is 3. The number of carbonyl (C=O) groups is 4. The van der Waals surface area contributed by atoms with Gasteiger partial charge < -0.3 is 14.2 Å². The number of ether oxygens (including phenoxy) is 3. The van der Waals surface area contributed by atoms with E-state index in [4.69, 9.17) is 9.47 Å². The molecule has 1 aliphatic rings. The minimum Gasteiger partial charge on any atom is -0.466 e. The number of allylic oxidation sites excluding steroid dienone is 1. The molecular formula is C28H25F3N2O7. The number of methoxy groups -OCH3 is 1. The van der Waals surface area contributed by atoms with Crippen LogP contribution in [0.2, 0.25) is 0 Å². The van der Waals surface area contributed by atoms with Gasteiger partial charge in [-0.2, -0.15) is 18.4 Å². The standard InChI is InChI=1S/C28H25F3N2O7/c1-5-39-26(36)23-22(18-11-9-17(14-32)10-12-18)21(27(37)40-16(3)25(35)38-4)15(2)33(24(23)34)20-8-6-7-19(13-20)28(29,30)31/h6-13,16,22-23H,5H2,1-4H3/t16-,22?,23?/m1/s1. The fourth-order valence-electron chi connectivity index (χ4n) is 4.41. The van der Waals surface area contributed by atoms with Crippen molar-refractivity contribution in [2.75, 3.05) is 18.6 Å². The largest absolute Gasteiger partial charge is 0.466 e. The van der Waals surface area contributed by atoms with Gasteiger partial charge in [0.2, 0.25) is 5.91 Å². The number of hydrogen-bond acceptors (Lipinski definition) is 8. The van der Waals surface area contributed by atoms with Crippen LogP contribution in [0.5, 0.6) is 0 Å². The van der Waals surface area contributed by atoms with Gasteiger partial charge in [0.1, 0.15) is 5.92 Å². The summed E-state index contributed by atoms with van der Waals surface area (Å²) in [4.78, 5) is 53.5. The van der Waals surface area contributed by atoms with E-state index in [1.54, 1.807) is 0 Å². The van der Waals surface area contributed by atoms with Crippen molar-refractivity contribution in [2.24, 2.45) is 5.92 Å². The van der Waals surface area contributed by atoms with Gasteiger partial charge in [0.15, 0.2) is 6.10 Å². The summed E-state index contributed by atoms with van der Waals surface area (Å²) in [5.41, 5.74) is -1.19. The Hall–Kier alpha value is -4.66. The maximum Gasteiger partial charge on any atom is 0.416 e. The number of amides is 1. The maximum absolute atomic E-state index is 13.9. The van der Waals surface area contributed by atoms with Crippen molar-refractivity contribution >= 4 is 29.5 Å². The first kappa shape index (κ1) is 29.9. The molecule has 3 rings (SSSR count). The Morgan fingerprint density at radius 3 is 2.33 bits per heavy atom. The van der Waals surface area contributed by atoms with Crippen LogP contribution < -0.4 is 4.90 Å². The van der Waals surface area contributed by atoms with Crippen molar-refractivity contribution < 1.29 is 46.6 Å². The number of nitrogens with zero attached hydrogens (tertiary/aromatic N) is 2. The molecule has 0 spiro atoms. The number of anilines is 1. The molecule has 0 N–H and O–H groups in total. The average Bonchev–Trinajstić information content (AvgIpc) is 2.92. The van der Waals surface area contributed by atoms with Gasteiger partial charge >= 0.3 is 24.1 Å². The van der Waals surface area contributed by atoms with Crippen LogP contribution in [0.4, 0.5) is 18.9 Å². The van der Waals surface area contributed by atoms with Gasteiger partial charge in [0.05, 0.1) is 36.5 Å². The van der Waals surface area contributed by atoms with Gasteiger partial charge in [-0.25, -0.2) is 9.59 Å². The first-order valence-corrected chi connectivity index (χ1v) is 12.0. The van der Waals surface area contributed by atoms with E-state index in [1.807, 2.05) is 6.07 Å². The Kier molecular flexibility index (Phi) is 8.99. The molecule has 3 atom stereocenters. The normalized spacial score (nSPS) is 18.1. The second-order valence-corrected chi connectivity index (χ2v) is 8.73. The fourth-order valence-corrected chi connectivity index (χ4v) is 4.41. The lowest BCUT2D eigenvalue weighted by Gasteiger charge is -2.39. The molecule has 40 heavy (non-hydrogen) atoms. The predicted octanol–water partition coefficient (Wildman–Crippen LogP) is 4.27. The molecule has 2 unspecified atom stereocenters. The molecule has 0 saturated carbocycles. The Bertz CT molecular complexity index is 1390. The monoisotopic (exact) mass is 558 g/mol. The van der Waals surface area contributed by atoms with Gasteiger partial charge in [0, 0.05) is 17.3 Å². The zero-order valence-electron chi connectivity index (χ0n) is 21.9. The molecule has 1 heterocycles. The highest BCUT2D eigenvalue weighted by atomic mass is 19.4. The zero-order valence-corrected chi connectivity index (χ0v) is 21.9. The molecule has 2 aromatic rings. The molecule has 0 radical (unpaired) electrons. The number of carbonyl (C=O) groups excluding carboxylic acids is 4. The Morgan fingerprint density at radius 2 is 1.77 bits per heavy atom. The van der Waals surface area contributed by atoms with Crippen molar-refractivity contribution in [3.8, 4) is 6.07 Å². The summed E-state index contributed by atoms with van der Waals surface area (Å²) in [6.45, 7) is 3.93. The quantitative estimate of drug-likeness (QED) is 0.281. The summed E-state index contributed by atoms with van der Waals surface area (Å²) in [5, 5.41) is 9.20. The summed E-state index contributed by atoms with van der Waals surface area (Å²) in [7, 11) is 1.09. The van der Waals surface area contributed by atoms with Crippen LogP contribution in [0, 0.1) is 17.2 Å². The van der Waals surface area contributed by atoms with Gasteiger partial charge in [-0.3, -0.25) is 14.5 Å². The number of rotatable bonds is 7. The van der Waals surface area contributed by atoms with Crippen LogP contribution in [-0.2, 0) is 39.6 Å². The van der Waals surface area contributed by atoms with E-state index in [0.717, 1.165) is 24.1 Å². The topological polar surface area (TPSA) is 123 Å². The molecule has 1 amide bonds. The summed E-state index contributed by atoms with van der Waals surface area (Å²) < 4.78 is 55.6. The van der Waals surface area contributed by atoms with Gasteiger partial charge in [-0.1, -0.05) is 18.2 Å². The van der Waals surface area contributed by atoms with E-state index in [2.05, 4.69) is 4.74 Å². The highest BCUT2D eigenvalue weighted by Gasteiger charge is 2.50. The van der Waals surface area contributed by atoms with Crippen molar-refractivity contribution in [2.45, 2.75) is 39.0 Å². The Balaban J connectivity index is 2.32. The zero-order chi connectivity index (χ0) is 29.8. The third kappa shape index (κ3) is 5.98. The summed E-state index contributed by atoms with van der Waals surface area (Å²) >= 11 is 0. The Morgan fingerprint density at radius 1 is 1.12 bits per heavy atom. The van der Waals surface area contributed by atoms with Crippen LogP contribution >= 0.6 is 0 Å². The lowest BCUT2D eigenvalue weighted by atomic mass is 9.75. The second kappa shape index (κ2) is 12.0. The minimum atomic E-state index is -4.74. The van der Waals surface area contributed by atoms with E-state index < -0.39 is 53.5 Å². The molecule has 0 fully saturated rings. The van der Waals surface area contributed by atoms with E-state index in [1.165, 1.54) is 51.1 Å². The third-order valence-corrected chi connectivity index (χ3v) is 6.26. The van der Waals surface area contributed by atoms with E-state index >= 15 is 0 Å². The molecule has 210 valence electrons. The number of benzene rings is 2. The smallest absolute Gasteiger partial charge is 0.416 e. The molecule has 2 aromatic carbocycles. The number of alkyl halides is 3. The van der Waals surface area contributed by atoms with E-state index in [-0.39, 0.29) is 34.7 Å². The van der Waals surface area contributed by atoms with E-state index in [9.17, 15) is 37.6 Å². The molecule has 0 bridgehead atoms. The summed E-state index contributed by atoms with van der Waals surface area (Å²) in [5.74, 6) is -7.01. The van der Waals surface area contributed by atoms with Gasteiger partial charge in [0.25, 0.3) is 0 Å². The van der Waals surface area contributed by atoms with Crippen LogP contribution in [0.1, 0.15) is 43.4 Å². The van der Waals surface area contributed by atoms with Gasteiger partial charge in [-0.15, -0.1) is 0 Å². The minimum absolute atomic E-state index is 0.124. The maximum atomic E-state index is 13.9. The molecule has 0 saturated heterocycles. The molecule has 9 nitrogen and oxygen atoms in total. The molecule has 1 aliphatic heterocycles. The number of hydrogen-bond donors (Lipinski definition) is 0. The van der Waals surface area contributed by atoms with E-state index in [0.29, 0.717) is 6.07 Å².